The summed E-state index contributed by atoms with van der Waals surface area (Å²) in [7, 11) is 0. The van der Waals surface area contributed by atoms with E-state index in [-0.39, 0.29) is 0 Å². The predicted molar refractivity (Wildman–Crippen MR) is 59.5 cm³/mol. The standard InChI is InChI=1S/C11H16N2/c1-4-6-8-10(12)11(13-3)9-7-5-2/h4-9H,3,12H2,1-2H3/b6-4-,7-5-,10-8-,11-9-. The molecule has 0 aromatic carbocycles. The van der Waals surface area contributed by atoms with E-state index < -0.39 is 0 Å². The lowest BCUT2D eigenvalue weighted by Gasteiger charge is -1.97. The molecular weight excluding hydrogens is 160 g/mol. The highest BCUT2D eigenvalue weighted by molar-refractivity contribution is 5.40. The van der Waals surface area contributed by atoms with Gasteiger partial charge in [0, 0.05) is 0 Å². The average molecular weight is 176 g/mol. The lowest BCUT2D eigenvalue weighted by Crippen LogP contribution is -1.98. The summed E-state index contributed by atoms with van der Waals surface area (Å²) < 4.78 is 0. The summed E-state index contributed by atoms with van der Waals surface area (Å²) in [5, 5.41) is 0. The van der Waals surface area contributed by atoms with Gasteiger partial charge < -0.3 is 5.73 Å². The van der Waals surface area contributed by atoms with Crippen LogP contribution in [0.5, 0.6) is 0 Å². The Morgan fingerprint density at radius 1 is 1.15 bits per heavy atom. The first-order valence-electron chi connectivity index (χ1n) is 4.14. The lowest BCUT2D eigenvalue weighted by molar-refractivity contribution is 1.25. The van der Waals surface area contributed by atoms with Crippen LogP contribution in [0.3, 0.4) is 0 Å². The minimum absolute atomic E-state index is 0.617. The Bertz CT molecular complexity index is 268. The summed E-state index contributed by atoms with van der Waals surface area (Å²) in [4.78, 5) is 3.81. The van der Waals surface area contributed by atoms with Crippen molar-refractivity contribution in [1.29, 1.82) is 0 Å². The van der Waals surface area contributed by atoms with Crippen LogP contribution >= 0.6 is 0 Å². The molecule has 2 nitrogen and oxygen atoms in total. The zero-order chi connectivity index (χ0) is 10.1. The largest absolute Gasteiger partial charge is 0.397 e. The summed E-state index contributed by atoms with van der Waals surface area (Å²) in [5.74, 6) is 0. The van der Waals surface area contributed by atoms with E-state index in [0.717, 1.165) is 0 Å². The Morgan fingerprint density at radius 2 is 1.69 bits per heavy atom. The van der Waals surface area contributed by atoms with Gasteiger partial charge in [-0.1, -0.05) is 24.3 Å². The van der Waals surface area contributed by atoms with Crippen LogP contribution in [-0.4, -0.2) is 6.72 Å². The molecule has 0 aliphatic carbocycles. The van der Waals surface area contributed by atoms with E-state index in [1.165, 1.54) is 0 Å². The summed E-state index contributed by atoms with van der Waals surface area (Å²) in [6, 6.07) is 0. The summed E-state index contributed by atoms with van der Waals surface area (Å²) >= 11 is 0. The van der Waals surface area contributed by atoms with Crippen molar-refractivity contribution in [1.82, 2.24) is 0 Å². The Morgan fingerprint density at radius 3 is 2.15 bits per heavy atom. The molecule has 0 rings (SSSR count). The molecule has 0 saturated heterocycles. The van der Waals surface area contributed by atoms with Gasteiger partial charge >= 0.3 is 0 Å². The van der Waals surface area contributed by atoms with Gasteiger partial charge in [-0.15, -0.1) is 0 Å². The molecular formula is C11H16N2. The normalized spacial score (nSPS) is 14.3. The van der Waals surface area contributed by atoms with Gasteiger partial charge in [0.2, 0.25) is 0 Å². The molecule has 2 N–H and O–H groups in total. The summed E-state index contributed by atoms with van der Waals surface area (Å²) in [5.41, 5.74) is 7.04. The van der Waals surface area contributed by atoms with Crippen molar-refractivity contribution in [2.75, 3.05) is 0 Å². The van der Waals surface area contributed by atoms with Crippen molar-refractivity contribution >= 4 is 6.72 Å². The lowest BCUT2D eigenvalue weighted by atomic mass is 10.2. The third-order valence-electron chi connectivity index (χ3n) is 1.38. The third kappa shape index (κ3) is 4.80. The van der Waals surface area contributed by atoms with Gasteiger partial charge in [-0.25, -0.2) is 0 Å². The van der Waals surface area contributed by atoms with Gasteiger partial charge in [0.15, 0.2) is 0 Å². The molecule has 2 heteroatoms. The SMILES string of the molecule is C=NC(=C\C=C/C)/C(N)=C/C=C\C. The fraction of sp³-hybridized carbons (Fsp3) is 0.182. The first-order valence-corrected chi connectivity index (χ1v) is 4.14. The predicted octanol–water partition coefficient (Wildman–Crippen LogP) is 2.57. The van der Waals surface area contributed by atoms with Gasteiger partial charge in [-0.2, -0.15) is 0 Å². The highest BCUT2D eigenvalue weighted by atomic mass is 14.8. The second kappa shape index (κ2) is 7.10. The molecule has 0 fully saturated rings. The molecule has 0 bridgehead atoms. The van der Waals surface area contributed by atoms with Crippen LogP contribution in [0.4, 0.5) is 0 Å². The van der Waals surface area contributed by atoms with Crippen LogP contribution in [0.25, 0.3) is 0 Å². The van der Waals surface area contributed by atoms with Crippen molar-refractivity contribution in [2.24, 2.45) is 10.7 Å². The summed E-state index contributed by atoms with van der Waals surface area (Å²) in [6.45, 7) is 7.31. The Balaban J connectivity index is 4.67. The van der Waals surface area contributed by atoms with E-state index in [1.54, 1.807) is 6.08 Å². The van der Waals surface area contributed by atoms with E-state index >= 15 is 0 Å². The van der Waals surface area contributed by atoms with E-state index in [1.807, 2.05) is 44.2 Å². The van der Waals surface area contributed by atoms with Crippen LogP contribution < -0.4 is 5.73 Å². The highest BCUT2D eigenvalue weighted by Crippen LogP contribution is 2.05. The molecule has 0 radical (unpaired) electrons. The molecule has 0 aliphatic rings. The van der Waals surface area contributed by atoms with E-state index in [2.05, 4.69) is 11.7 Å². The van der Waals surface area contributed by atoms with Crippen molar-refractivity contribution < 1.29 is 0 Å². The first-order chi connectivity index (χ1) is 6.26. The number of hydrogen-bond acceptors (Lipinski definition) is 2. The number of allylic oxidation sites excluding steroid dienone is 6. The molecule has 0 amide bonds. The third-order valence-corrected chi connectivity index (χ3v) is 1.38. The topological polar surface area (TPSA) is 38.4 Å². The number of rotatable bonds is 4. The minimum Gasteiger partial charge on any atom is -0.397 e. The second-order valence-electron chi connectivity index (χ2n) is 2.38. The molecule has 70 valence electrons. The van der Waals surface area contributed by atoms with E-state index in [0.29, 0.717) is 11.4 Å². The molecule has 0 spiro atoms. The van der Waals surface area contributed by atoms with Crippen LogP contribution in [-0.2, 0) is 0 Å². The van der Waals surface area contributed by atoms with E-state index in [4.69, 9.17) is 5.73 Å². The van der Waals surface area contributed by atoms with Crippen LogP contribution in [0.2, 0.25) is 0 Å². The molecule has 0 saturated carbocycles. The molecule has 0 unspecified atom stereocenters. The maximum Gasteiger partial charge on any atom is 0.0851 e. The first kappa shape index (κ1) is 11.4. The molecule has 0 atom stereocenters. The van der Waals surface area contributed by atoms with Gasteiger partial charge in [-0.3, -0.25) is 4.99 Å². The average Bonchev–Trinajstić information content (AvgIpc) is 2.16. The fourth-order valence-electron chi connectivity index (χ4n) is 0.713. The van der Waals surface area contributed by atoms with Crippen LogP contribution in [0.1, 0.15) is 13.8 Å². The number of nitrogens with two attached hydrogens (primary N) is 1. The van der Waals surface area contributed by atoms with Crippen LogP contribution in [0.15, 0.2) is 52.8 Å². The Kier molecular flexibility index (Phi) is 6.24. The Labute approximate surface area is 79.9 Å². The van der Waals surface area contributed by atoms with Gasteiger partial charge in [0.1, 0.15) is 0 Å². The van der Waals surface area contributed by atoms with Crippen molar-refractivity contribution in [2.45, 2.75) is 13.8 Å². The summed E-state index contributed by atoms with van der Waals surface area (Å²) in [6.07, 6.45) is 11.2. The molecule has 0 heterocycles. The fourth-order valence-corrected chi connectivity index (χ4v) is 0.713. The van der Waals surface area contributed by atoms with Gasteiger partial charge in [-0.05, 0) is 32.7 Å². The molecule has 0 aromatic heterocycles. The number of hydrogen-bond donors (Lipinski definition) is 1. The molecule has 13 heavy (non-hydrogen) atoms. The maximum atomic E-state index is 5.73. The molecule has 0 aliphatic heterocycles. The molecule has 0 aromatic rings. The quantitative estimate of drug-likeness (QED) is 0.519. The van der Waals surface area contributed by atoms with Gasteiger partial charge in [0.25, 0.3) is 0 Å². The number of nitrogens with zero attached hydrogens (tertiary/aromatic N) is 1. The number of aliphatic imine (C=N–C) groups is 1. The van der Waals surface area contributed by atoms with Gasteiger partial charge in [0.05, 0.1) is 11.4 Å². The van der Waals surface area contributed by atoms with Crippen molar-refractivity contribution in [3.63, 3.8) is 0 Å². The van der Waals surface area contributed by atoms with Crippen molar-refractivity contribution in [3.05, 3.63) is 47.9 Å². The maximum absolute atomic E-state index is 5.73. The minimum atomic E-state index is 0.617. The zero-order valence-corrected chi connectivity index (χ0v) is 8.20. The Hall–Kier alpha value is -1.57. The van der Waals surface area contributed by atoms with Crippen molar-refractivity contribution in [3.8, 4) is 0 Å². The van der Waals surface area contributed by atoms with Crippen LogP contribution in [0, 0.1) is 0 Å². The highest BCUT2D eigenvalue weighted by Gasteiger charge is 1.92. The van der Waals surface area contributed by atoms with E-state index in [9.17, 15) is 0 Å². The monoisotopic (exact) mass is 176 g/mol. The zero-order valence-electron chi connectivity index (χ0n) is 8.20. The smallest absolute Gasteiger partial charge is 0.0851 e. The second-order valence-corrected chi connectivity index (χ2v) is 2.38.